The molecule has 0 saturated carbocycles. The van der Waals surface area contributed by atoms with Crippen LogP contribution in [0.15, 0.2) is 42.5 Å². The van der Waals surface area contributed by atoms with Gasteiger partial charge in [-0.05, 0) is 29.8 Å². The van der Waals surface area contributed by atoms with Crippen molar-refractivity contribution in [3.05, 3.63) is 64.7 Å². The molecule has 1 saturated heterocycles. The molecule has 3 rings (SSSR count). The Balaban J connectivity index is 1.43. The topological polar surface area (TPSA) is 35.6 Å². The van der Waals surface area contributed by atoms with E-state index in [2.05, 4.69) is 10.2 Å². The largest absolute Gasteiger partial charge is 0.325 e. The fraction of sp³-hybridized carbons (Fsp3) is 0.316. The van der Waals surface area contributed by atoms with E-state index in [1.165, 1.54) is 11.6 Å². The molecule has 0 aliphatic carbocycles. The number of carbonyl (C=O) groups is 1. The molecule has 0 aromatic heterocycles. The molecule has 0 bridgehead atoms. The Morgan fingerprint density at radius 2 is 1.62 bits per heavy atom. The highest BCUT2D eigenvalue weighted by Gasteiger charge is 2.19. The Morgan fingerprint density at radius 1 is 0.962 bits per heavy atom. The van der Waals surface area contributed by atoms with Gasteiger partial charge >= 0.3 is 0 Å². The van der Waals surface area contributed by atoms with Crippen molar-refractivity contribution >= 4 is 23.2 Å². The molecule has 1 amide bonds. The molecule has 1 heterocycles. The van der Waals surface area contributed by atoms with E-state index < -0.39 is 11.6 Å². The van der Waals surface area contributed by atoms with Crippen LogP contribution < -0.4 is 5.32 Å². The smallest absolute Gasteiger partial charge is 0.238 e. The SMILES string of the molecule is O=C(CN1CCN(Cc2ccc(Cl)cc2)CC1)Nc1ccc(F)c(F)c1. The molecule has 1 aliphatic rings. The maximum atomic E-state index is 13.2. The van der Waals surface area contributed by atoms with Gasteiger partial charge in [0.1, 0.15) is 0 Å². The zero-order valence-electron chi connectivity index (χ0n) is 14.2. The van der Waals surface area contributed by atoms with Gasteiger partial charge in [0.05, 0.1) is 6.54 Å². The van der Waals surface area contributed by atoms with E-state index in [4.69, 9.17) is 11.6 Å². The van der Waals surface area contributed by atoms with E-state index in [0.29, 0.717) is 0 Å². The van der Waals surface area contributed by atoms with E-state index >= 15 is 0 Å². The van der Waals surface area contributed by atoms with Gasteiger partial charge < -0.3 is 5.32 Å². The molecule has 1 fully saturated rings. The van der Waals surface area contributed by atoms with Gasteiger partial charge in [-0.15, -0.1) is 0 Å². The molecule has 0 atom stereocenters. The maximum absolute atomic E-state index is 13.2. The Bertz CT molecular complexity index is 762. The first-order valence-corrected chi connectivity index (χ1v) is 8.81. The number of nitrogens with zero attached hydrogens (tertiary/aromatic N) is 2. The van der Waals surface area contributed by atoms with Crippen LogP contribution in [0.1, 0.15) is 5.56 Å². The van der Waals surface area contributed by atoms with Gasteiger partial charge in [0.15, 0.2) is 11.6 Å². The van der Waals surface area contributed by atoms with Crippen molar-refractivity contribution in [2.45, 2.75) is 6.54 Å². The molecule has 7 heteroatoms. The van der Waals surface area contributed by atoms with Crippen LogP contribution in [0, 0.1) is 11.6 Å². The van der Waals surface area contributed by atoms with Gasteiger partial charge in [0, 0.05) is 49.5 Å². The van der Waals surface area contributed by atoms with Crippen LogP contribution in [0.5, 0.6) is 0 Å². The summed E-state index contributed by atoms with van der Waals surface area (Å²) >= 11 is 5.90. The molecule has 1 N–H and O–H groups in total. The van der Waals surface area contributed by atoms with Gasteiger partial charge in [0.25, 0.3) is 0 Å². The Kier molecular flexibility index (Phi) is 6.19. The lowest BCUT2D eigenvalue weighted by Gasteiger charge is -2.34. The average Bonchev–Trinajstić information content (AvgIpc) is 2.62. The quantitative estimate of drug-likeness (QED) is 0.865. The highest BCUT2D eigenvalue weighted by atomic mass is 35.5. The zero-order chi connectivity index (χ0) is 18.5. The first-order chi connectivity index (χ1) is 12.5. The number of hydrogen-bond acceptors (Lipinski definition) is 3. The van der Waals surface area contributed by atoms with Crippen LogP contribution in [0.25, 0.3) is 0 Å². The summed E-state index contributed by atoms with van der Waals surface area (Å²) in [5.74, 6) is -2.14. The number of piperazine rings is 1. The Labute approximate surface area is 156 Å². The number of amides is 1. The third-order valence-electron chi connectivity index (χ3n) is 4.35. The van der Waals surface area contributed by atoms with Crippen LogP contribution in [0.3, 0.4) is 0 Å². The Hall–Kier alpha value is -2.02. The normalized spacial score (nSPS) is 15.8. The summed E-state index contributed by atoms with van der Waals surface area (Å²) in [6.07, 6.45) is 0. The summed E-state index contributed by atoms with van der Waals surface area (Å²) in [5.41, 5.74) is 1.47. The van der Waals surface area contributed by atoms with Gasteiger partial charge in [-0.25, -0.2) is 8.78 Å². The van der Waals surface area contributed by atoms with E-state index in [9.17, 15) is 13.6 Å². The minimum absolute atomic E-state index is 0.230. The molecule has 4 nitrogen and oxygen atoms in total. The van der Waals surface area contributed by atoms with Gasteiger partial charge in [-0.2, -0.15) is 0 Å². The zero-order valence-corrected chi connectivity index (χ0v) is 15.0. The predicted octanol–water partition coefficient (Wildman–Crippen LogP) is 3.37. The van der Waals surface area contributed by atoms with Crippen molar-refractivity contribution in [1.29, 1.82) is 0 Å². The molecular formula is C19H20ClF2N3O. The predicted molar refractivity (Wildman–Crippen MR) is 98.2 cm³/mol. The van der Waals surface area contributed by atoms with E-state index in [0.717, 1.165) is 49.9 Å². The van der Waals surface area contributed by atoms with Crippen molar-refractivity contribution in [2.75, 3.05) is 38.0 Å². The number of anilines is 1. The first-order valence-electron chi connectivity index (χ1n) is 8.43. The van der Waals surface area contributed by atoms with Crippen LogP contribution in [0.2, 0.25) is 5.02 Å². The van der Waals surface area contributed by atoms with Crippen molar-refractivity contribution in [3.63, 3.8) is 0 Å². The maximum Gasteiger partial charge on any atom is 0.238 e. The highest BCUT2D eigenvalue weighted by molar-refractivity contribution is 6.30. The molecule has 0 radical (unpaired) electrons. The van der Waals surface area contributed by atoms with Gasteiger partial charge in [0.2, 0.25) is 5.91 Å². The fourth-order valence-corrected chi connectivity index (χ4v) is 3.06. The van der Waals surface area contributed by atoms with Gasteiger partial charge in [-0.1, -0.05) is 23.7 Å². The van der Waals surface area contributed by atoms with Crippen LogP contribution >= 0.6 is 11.6 Å². The summed E-state index contributed by atoms with van der Waals surface area (Å²) in [5, 5.41) is 3.33. The number of halogens is 3. The van der Waals surface area contributed by atoms with Crippen LogP contribution in [-0.4, -0.2) is 48.4 Å². The van der Waals surface area contributed by atoms with Crippen molar-refractivity contribution < 1.29 is 13.6 Å². The minimum atomic E-state index is -0.974. The summed E-state index contributed by atoms with van der Waals surface area (Å²) in [4.78, 5) is 16.5. The van der Waals surface area contributed by atoms with E-state index in [1.807, 2.05) is 29.2 Å². The first kappa shape index (κ1) is 18.8. The number of nitrogens with one attached hydrogen (secondary N) is 1. The van der Waals surface area contributed by atoms with Crippen LogP contribution in [-0.2, 0) is 11.3 Å². The average molecular weight is 380 g/mol. The van der Waals surface area contributed by atoms with E-state index in [1.54, 1.807) is 0 Å². The summed E-state index contributed by atoms with van der Waals surface area (Å²) in [7, 11) is 0. The second-order valence-corrected chi connectivity index (χ2v) is 6.79. The highest BCUT2D eigenvalue weighted by Crippen LogP contribution is 2.14. The molecule has 138 valence electrons. The minimum Gasteiger partial charge on any atom is -0.325 e. The summed E-state index contributed by atoms with van der Waals surface area (Å²) < 4.78 is 26.1. The fourth-order valence-electron chi connectivity index (χ4n) is 2.93. The van der Waals surface area contributed by atoms with Gasteiger partial charge in [-0.3, -0.25) is 14.6 Å². The van der Waals surface area contributed by atoms with Crippen molar-refractivity contribution in [1.82, 2.24) is 9.80 Å². The monoisotopic (exact) mass is 379 g/mol. The summed E-state index contributed by atoms with van der Waals surface area (Å²) in [6.45, 7) is 4.36. The molecule has 2 aromatic carbocycles. The molecule has 0 spiro atoms. The number of rotatable bonds is 5. The summed E-state index contributed by atoms with van der Waals surface area (Å²) in [6, 6.07) is 11.1. The molecule has 0 unspecified atom stereocenters. The lowest BCUT2D eigenvalue weighted by molar-refractivity contribution is -0.117. The van der Waals surface area contributed by atoms with Crippen molar-refractivity contribution in [3.8, 4) is 0 Å². The molecule has 1 aliphatic heterocycles. The van der Waals surface area contributed by atoms with E-state index in [-0.39, 0.29) is 18.1 Å². The standard InChI is InChI=1S/C19H20ClF2N3O/c20-15-3-1-14(2-4-15)12-24-7-9-25(10-8-24)13-19(26)23-16-5-6-17(21)18(22)11-16/h1-6,11H,7-10,12-13H2,(H,23,26). The Morgan fingerprint density at radius 3 is 2.27 bits per heavy atom. The lowest BCUT2D eigenvalue weighted by Crippen LogP contribution is -2.48. The van der Waals surface area contributed by atoms with Crippen LogP contribution in [0.4, 0.5) is 14.5 Å². The second-order valence-electron chi connectivity index (χ2n) is 6.36. The third kappa shape index (κ3) is 5.24. The second kappa shape index (κ2) is 8.58. The lowest BCUT2D eigenvalue weighted by atomic mass is 10.2. The van der Waals surface area contributed by atoms with Crippen molar-refractivity contribution in [2.24, 2.45) is 0 Å². The third-order valence-corrected chi connectivity index (χ3v) is 4.61. The molecular weight excluding hydrogens is 360 g/mol. The molecule has 26 heavy (non-hydrogen) atoms. The molecule has 2 aromatic rings. The number of benzene rings is 2. The number of carbonyl (C=O) groups excluding carboxylic acids is 1. The number of hydrogen-bond donors (Lipinski definition) is 1.